The maximum Gasteiger partial charge on any atom is 0.126 e. The molecular weight excluding hydrogens is 329 g/mol. The Morgan fingerprint density at radius 3 is 2.81 bits per heavy atom. The first-order chi connectivity index (χ1) is 10.2. The van der Waals surface area contributed by atoms with E-state index in [-0.39, 0.29) is 5.82 Å². The standard InChI is InChI=1S/C18H27BrFN/c1-3-5-13-6-7-14(12-21-4-2)16(10-13)17-11-15(19)8-9-18(17)20/h8-9,11,13-14,16,21H,3-7,10,12H2,1-2H3. The molecule has 0 aliphatic heterocycles. The van der Waals surface area contributed by atoms with Crippen LogP contribution >= 0.6 is 15.9 Å². The molecule has 1 saturated carbocycles. The van der Waals surface area contributed by atoms with E-state index in [2.05, 4.69) is 35.1 Å². The van der Waals surface area contributed by atoms with Crippen LogP contribution in [0.4, 0.5) is 4.39 Å². The molecule has 0 heterocycles. The quantitative estimate of drug-likeness (QED) is 0.710. The Hall–Kier alpha value is -0.410. The van der Waals surface area contributed by atoms with Crippen molar-refractivity contribution in [3.05, 3.63) is 34.1 Å². The van der Waals surface area contributed by atoms with Crippen LogP contribution < -0.4 is 5.32 Å². The van der Waals surface area contributed by atoms with Crippen molar-refractivity contribution in [2.24, 2.45) is 11.8 Å². The van der Waals surface area contributed by atoms with E-state index in [4.69, 9.17) is 0 Å². The van der Waals surface area contributed by atoms with Gasteiger partial charge < -0.3 is 5.32 Å². The van der Waals surface area contributed by atoms with Crippen molar-refractivity contribution in [3.8, 4) is 0 Å². The molecule has 1 nitrogen and oxygen atoms in total. The fraction of sp³-hybridized carbons (Fsp3) is 0.667. The van der Waals surface area contributed by atoms with Gasteiger partial charge in [0.1, 0.15) is 5.82 Å². The molecule has 21 heavy (non-hydrogen) atoms. The second kappa shape index (κ2) is 8.28. The van der Waals surface area contributed by atoms with E-state index < -0.39 is 0 Å². The summed E-state index contributed by atoms with van der Waals surface area (Å²) in [7, 11) is 0. The van der Waals surface area contributed by atoms with Gasteiger partial charge in [-0.25, -0.2) is 4.39 Å². The van der Waals surface area contributed by atoms with Crippen LogP contribution in [-0.4, -0.2) is 13.1 Å². The largest absolute Gasteiger partial charge is 0.317 e. The van der Waals surface area contributed by atoms with E-state index in [9.17, 15) is 4.39 Å². The number of benzene rings is 1. The SMILES string of the molecule is CCCC1CCC(CNCC)C(c2cc(Br)ccc2F)C1. The third-order valence-corrected chi connectivity index (χ3v) is 5.31. The smallest absolute Gasteiger partial charge is 0.126 e. The number of nitrogens with one attached hydrogen (secondary N) is 1. The van der Waals surface area contributed by atoms with Gasteiger partial charge >= 0.3 is 0 Å². The van der Waals surface area contributed by atoms with Gasteiger partial charge in [-0.15, -0.1) is 0 Å². The summed E-state index contributed by atoms with van der Waals surface area (Å²) in [6.45, 7) is 6.38. The van der Waals surface area contributed by atoms with Crippen LogP contribution in [0.3, 0.4) is 0 Å². The minimum absolute atomic E-state index is 0.0400. The van der Waals surface area contributed by atoms with Crippen molar-refractivity contribution in [3.63, 3.8) is 0 Å². The molecule has 1 aromatic carbocycles. The topological polar surface area (TPSA) is 12.0 Å². The van der Waals surface area contributed by atoms with Gasteiger partial charge in [0.2, 0.25) is 0 Å². The molecule has 1 N–H and O–H groups in total. The highest BCUT2D eigenvalue weighted by molar-refractivity contribution is 9.10. The zero-order valence-corrected chi connectivity index (χ0v) is 14.8. The van der Waals surface area contributed by atoms with E-state index in [1.807, 2.05) is 6.07 Å². The molecule has 3 heteroatoms. The second-order valence-electron chi connectivity index (χ2n) is 6.31. The molecule has 2 rings (SSSR count). The number of hydrogen-bond acceptors (Lipinski definition) is 1. The molecule has 1 aliphatic carbocycles. The lowest BCUT2D eigenvalue weighted by Gasteiger charge is -2.37. The molecule has 0 saturated heterocycles. The Morgan fingerprint density at radius 2 is 2.10 bits per heavy atom. The van der Waals surface area contributed by atoms with Crippen molar-refractivity contribution < 1.29 is 4.39 Å². The first-order valence-corrected chi connectivity index (χ1v) is 9.10. The average molecular weight is 356 g/mol. The van der Waals surface area contributed by atoms with Gasteiger partial charge in [0.25, 0.3) is 0 Å². The zero-order valence-electron chi connectivity index (χ0n) is 13.2. The third-order valence-electron chi connectivity index (χ3n) is 4.81. The molecule has 0 spiro atoms. The van der Waals surface area contributed by atoms with Crippen LogP contribution in [-0.2, 0) is 0 Å². The molecule has 118 valence electrons. The molecule has 3 atom stereocenters. The molecule has 3 unspecified atom stereocenters. The molecule has 0 bridgehead atoms. The van der Waals surface area contributed by atoms with E-state index in [0.29, 0.717) is 11.8 Å². The zero-order chi connectivity index (χ0) is 15.2. The highest BCUT2D eigenvalue weighted by atomic mass is 79.9. The van der Waals surface area contributed by atoms with Crippen molar-refractivity contribution in [1.29, 1.82) is 0 Å². The Morgan fingerprint density at radius 1 is 1.29 bits per heavy atom. The van der Waals surface area contributed by atoms with Crippen LogP contribution in [0, 0.1) is 17.7 Å². The molecule has 1 aliphatic rings. The van der Waals surface area contributed by atoms with E-state index >= 15 is 0 Å². The van der Waals surface area contributed by atoms with Crippen LogP contribution in [0.5, 0.6) is 0 Å². The van der Waals surface area contributed by atoms with Crippen LogP contribution in [0.1, 0.15) is 57.4 Å². The first-order valence-electron chi connectivity index (χ1n) is 8.31. The highest BCUT2D eigenvalue weighted by Crippen LogP contribution is 2.43. The van der Waals surface area contributed by atoms with Crippen LogP contribution in [0.25, 0.3) is 0 Å². The number of rotatable bonds is 6. The lowest BCUT2D eigenvalue weighted by atomic mass is 9.70. The van der Waals surface area contributed by atoms with Crippen molar-refractivity contribution >= 4 is 15.9 Å². The van der Waals surface area contributed by atoms with Gasteiger partial charge in [0.15, 0.2) is 0 Å². The lowest BCUT2D eigenvalue weighted by molar-refractivity contribution is 0.218. The lowest BCUT2D eigenvalue weighted by Crippen LogP contribution is -2.32. The first kappa shape index (κ1) is 17.0. The summed E-state index contributed by atoms with van der Waals surface area (Å²) < 4.78 is 15.3. The number of hydrogen-bond donors (Lipinski definition) is 1. The normalized spacial score (nSPS) is 26.0. The van der Waals surface area contributed by atoms with Gasteiger partial charge in [0.05, 0.1) is 0 Å². The van der Waals surface area contributed by atoms with Crippen molar-refractivity contribution in [1.82, 2.24) is 5.32 Å². The van der Waals surface area contributed by atoms with Crippen molar-refractivity contribution in [2.45, 2.75) is 51.9 Å². The van der Waals surface area contributed by atoms with Crippen LogP contribution in [0.15, 0.2) is 22.7 Å². The minimum Gasteiger partial charge on any atom is -0.317 e. The van der Waals surface area contributed by atoms with E-state index in [1.165, 1.54) is 25.7 Å². The Balaban J connectivity index is 2.20. The van der Waals surface area contributed by atoms with Crippen LogP contribution in [0.2, 0.25) is 0 Å². The Labute approximate surface area is 136 Å². The summed E-state index contributed by atoms with van der Waals surface area (Å²) in [4.78, 5) is 0. The molecule has 0 amide bonds. The van der Waals surface area contributed by atoms with E-state index in [0.717, 1.165) is 35.5 Å². The number of halogens is 2. The average Bonchev–Trinajstić information content (AvgIpc) is 2.48. The summed E-state index contributed by atoms with van der Waals surface area (Å²) in [5, 5.41) is 3.46. The summed E-state index contributed by atoms with van der Waals surface area (Å²) >= 11 is 3.50. The van der Waals surface area contributed by atoms with Gasteiger partial charge in [0, 0.05) is 4.47 Å². The van der Waals surface area contributed by atoms with Gasteiger partial charge in [-0.2, -0.15) is 0 Å². The van der Waals surface area contributed by atoms with Gasteiger partial charge in [-0.05, 0) is 67.4 Å². The summed E-state index contributed by atoms with van der Waals surface area (Å²) in [6.07, 6.45) is 6.16. The minimum atomic E-state index is -0.0400. The fourth-order valence-corrected chi connectivity index (χ4v) is 4.12. The van der Waals surface area contributed by atoms with Gasteiger partial charge in [-0.3, -0.25) is 0 Å². The second-order valence-corrected chi connectivity index (χ2v) is 7.22. The fourth-order valence-electron chi connectivity index (χ4n) is 3.74. The van der Waals surface area contributed by atoms with Gasteiger partial charge in [-0.1, -0.05) is 49.0 Å². The monoisotopic (exact) mass is 355 g/mol. The van der Waals surface area contributed by atoms with E-state index in [1.54, 1.807) is 12.1 Å². The predicted molar refractivity (Wildman–Crippen MR) is 91.1 cm³/mol. The Bertz CT molecular complexity index is 449. The summed E-state index contributed by atoms with van der Waals surface area (Å²) in [6, 6.07) is 5.39. The molecule has 0 aromatic heterocycles. The molecule has 1 fully saturated rings. The Kier molecular flexibility index (Phi) is 6.69. The molecular formula is C18H27BrFN. The maximum atomic E-state index is 14.3. The molecule has 0 radical (unpaired) electrons. The predicted octanol–water partition coefficient (Wildman–Crippen LogP) is 5.50. The van der Waals surface area contributed by atoms with Crippen molar-refractivity contribution in [2.75, 3.05) is 13.1 Å². The maximum absolute atomic E-state index is 14.3. The third kappa shape index (κ3) is 4.53. The highest BCUT2D eigenvalue weighted by Gasteiger charge is 2.32. The summed E-state index contributed by atoms with van der Waals surface area (Å²) in [5.41, 5.74) is 0.910. The molecule has 1 aromatic rings. The summed E-state index contributed by atoms with van der Waals surface area (Å²) in [5.74, 6) is 1.63.